The number of anilines is 1. The third-order valence-corrected chi connectivity index (χ3v) is 8.16. The number of carbonyl (C=O) groups is 1. The minimum atomic E-state index is -0.175. The summed E-state index contributed by atoms with van der Waals surface area (Å²) >= 11 is 7.46. The van der Waals surface area contributed by atoms with E-state index < -0.39 is 0 Å². The molecule has 1 amide bonds. The highest BCUT2D eigenvalue weighted by atomic mass is 32.1. The summed E-state index contributed by atoms with van der Waals surface area (Å²) in [6, 6.07) is 25.6. The number of amides is 1. The maximum absolute atomic E-state index is 12.9. The number of pyridine rings is 1. The Morgan fingerprint density at radius 1 is 1.05 bits per heavy atom. The van der Waals surface area contributed by atoms with Gasteiger partial charge >= 0.3 is 0 Å². The van der Waals surface area contributed by atoms with E-state index in [9.17, 15) is 4.79 Å². The number of fused-ring (bicyclic) bond motifs is 1. The highest BCUT2D eigenvalue weighted by molar-refractivity contribution is 7.80. The van der Waals surface area contributed by atoms with Gasteiger partial charge in [0, 0.05) is 31.0 Å². The first-order chi connectivity index (χ1) is 18.6. The minimum Gasteiger partial charge on any atom is -0.352 e. The van der Waals surface area contributed by atoms with Gasteiger partial charge < -0.3 is 15.5 Å². The van der Waals surface area contributed by atoms with Crippen LogP contribution in [0.5, 0.6) is 0 Å². The molecule has 5 aromatic rings. The number of para-hydroxylation sites is 2. The van der Waals surface area contributed by atoms with Crippen molar-refractivity contribution in [3.8, 4) is 5.13 Å². The van der Waals surface area contributed by atoms with E-state index in [4.69, 9.17) is 17.2 Å². The molecule has 2 N–H and O–H groups in total. The molecule has 9 heteroatoms. The number of rotatable bonds is 7. The summed E-state index contributed by atoms with van der Waals surface area (Å²) in [6.45, 7) is 2.45. The van der Waals surface area contributed by atoms with E-state index in [-0.39, 0.29) is 18.0 Å². The van der Waals surface area contributed by atoms with Gasteiger partial charge in [-0.1, -0.05) is 47.7 Å². The number of nitrogens with one attached hydrogen (secondary N) is 2. The molecule has 6 rings (SSSR count). The summed E-state index contributed by atoms with van der Waals surface area (Å²) < 4.78 is 3.26. The molecule has 1 aliphatic rings. The zero-order valence-corrected chi connectivity index (χ0v) is 22.4. The highest BCUT2D eigenvalue weighted by Crippen LogP contribution is 2.40. The van der Waals surface area contributed by atoms with E-state index in [1.807, 2.05) is 79.9 Å². The highest BCUT2D eigenvalue weighted by Gasteiger charge is 2.41. The smallest absolute Gasteiger partial charge is 0.226 e. The van der Waals surface area contributed by atoms with E-state index >= 15 is 0 Å². The Morgan fingerprint density at radius 2 is 1.87 bits per heavy atom. The molecule has 0 unspecified atom stereocenters. The number of aromatic nitrogens is 3. The molecule has 1 fully saturated rings. The Hall–Kier alpha value is -4.08. The van der Waals surface area contributed by atoms with Gasteiger partial charge in [-0.15, -0.1) is 0 Å². The Labute approximate surface area is 230 Å². The lowest BCUT2D eigenvalue weighted by Crippen LogP contribution is -2.33. The number of nitrogens with zero attached hydrogens (tertiary/aromatic N) is 4. The summed E-state index contributed by atoms with van der Waals surface area (Å²) in [5, 5.41) is 8.01. The number of hydrogen-bond donors (Lipinski definition) is 2. The number of benzene rings is 2. The lowest BCUT2D eigenvalue weighted by atomic mass is 10.0. The quantitative estimate of drug-likeness (QED) is 0.256. The molecule has 1 saturated heterocycles. The van der Waals surface area contributed by atoms with Crippen LogP contribution in [0.15, 0.2) is 91.3 Å². The van der Waals surface area contributed by atoms with Crippen LogP contribution in [-0.4, -0.2) is 37.0 Å². The molecule has 0 saturated carbocycles. The second kappa shape index (κ2) is 10.4. The van der Waals surface area contributed by atoms with Crippen LogP contribution in [0.1, 0.15) is 35.5 Å². The van der Waals surface area contributed by atoms with E-state index in [1.165, 1.54) is 0 Å². The standard InChI is InChI=1S/C29H26N6OS2/c1-19-9-2-3-10-20(19)31-25(36)15-18-35-27(26(33-28(35)37)22-12-6-7-16-30-22)23-13-8-17-34(23)29-32-21-11-4-5-14-24(21)38-29/h2-14,16-17,26-27H,15,18H2,1H3,(H,31,36)(H,33,37)/t26-,27-/m1/s1. The average Bonchev–Trinajstić information content (AvgIpc) is 3.65. The molecule has 0 aliphatic carbocycles. The van der Waals surface area contributed by atoms with Crippen LogP contribution in [0.2, 0.25) is 0 Å². The van der Waals surface area contributed by atoms with Gasteiger partial charge in [-0.05, 0) is 67.2 Å². The molecule has 0 spiro atoms. The van der Waals surface area contributed by atoms with E-state index in [0.29, 0.717) is 18.1 Å². The van der Waals surface area contributed by atoms with Gasteiger partial charge in [-0.25, -0.2) is 4.98 Å². The Bertz CT molecular complexity index is 1580. The van der Waals surface area contributed by atoms with Crippen molar-refractivity contribution in [2.75, 3.05) is 11.9 Å². The summed E-state index contributed by atoms with van der Waals surface area (Å²) in [6.07, 6.45) is 4.12. The second-order valence-corrected chi connectivity index (χ2v) is 10.6. The molecular formula is C29H26N6OS2. The zero-order valence-electron chi connectivity index (χ0n) is 20.7. The molecule has 2 atom stereocenters. The lowest BCUT2D eigenvalue weighted by Gasteiger charge is -2.28. The number of hydrogen-bond acceptors (Lipinski definition) is 5. The van der Waals surface area contributed by atoms with Gasteiger partial charge in [0.05, 0.1) is 33.7 Å². The van der Waals surface area contributed by atoms with Crippen molar-refractivity contribution in [2.24, 2.45) is 0 Å². The van der Waals surface area contributed by atoms with E-state index in [0.717, 1.165) is 38.0 Å². The molecular weight excluding hydrogens is 512 g/mol. The SMILES string of the molecule is Cc1ccccc1NC(=O)CCN1C(=S)N[C@H](c2ccccn2)[C@H]1c1cccn1-c1nc2ccccc2s1. The number of aryl methyl sites for hydroxylation is 1. The lowest BCUT2D eigenvalue weighted by molar-refractivity contribution is -0.116. The fourth-order valence-electron chi connectivity index (χ4n) is 4.89. The van der Waals surface area contributed by atoms with Crippen LogP contribution in [0, 0.1) is 6.92 Å². The third kappa shape index (κ3) is 4.66. The maximum atomic E-state index is 12.9. The van der Waals surface area contributed by atoms with Crippen LogP contribution in [0.25, 0.3) is 15.3 Å². The predicted molar refractivity (Wildman–Crippen MR) is 156 cm³/mol. The molecule has 3 aromatic heterocycles. The molecule has 38 heavy (non-hydrogen) atoms. The number of thiazole rings is 1. The first-order valence-corrected chi connectivity index (χ1v) is 13.7. The van der Waals surface area contributed by atoms with Crippen molar-refractivity contribution in [3.63, 3.8) is 0 Å². The van der Waals surface area contributed by atoms with Gasteiger partial charge in [0.25, 0.3) is 0 Å². The van der Waals surface area contributed by atoms with Crippen molar-refractivity contribution in [3.05, 3.63) is 108 Å². The van der Waals surface area contributed by atoms with Crippen LogP contribution in [0.4, 0.5) is 5.69 Å². The third-order valence-electron chi connectivity index (χ3n) is 6.77. The second-order valence-electron chi connectivity index (χ2n) is 9.20. The fraction of sp³-hybridized carbons (Fsp3) is 0.172. The minimum absolute atomic E-state index is 0.0521. The fourth-order valence-corrected chi connectivity index (χ4v) is 6.19. The number of carbonyl (C=O) groups excluding carboxylic acids is 1. The van der Waals surface area contributed by atoms with Crippen molar-refractivity contribution >= 4 is 50.5 Å². The van der Waals surface area contributed by atoms with Crippen LogP contribution >= 0.6 is 23.6 Å². The largest absolute Gasteiger partial charge is 0.352 e. The monoisotopic (exact) mass is 538 g/mol. The first-order valence-electron chi connectivity index (χ1n) is 12.5. The van der Waals surface area contributed by atoms with Gasteiger partial charge in [0.1, 0.15) is 0 Å². The molecule has 2 aromatic carbocycles. The van der Waals surface area contributed by atoms with Crippen LogP contribution in [0.3, 0.4) is 0 Å². The molecule has 0 radical (unpaired) electrons. The summed E-state index contributed by atoms with van der Waals surface area (Å²) in [4.78, 5) is 24.6. The zero-order chi connectivity index (χ0) is 26.1. The van der Waals surface area contributed by atoms with E-state index in [2.05, 4.69) is 37.2 Å². The normalized spacial score (nSPS) is 17.1. The molecule has 0 bridgehead atoms. The predicted octanol–water partition coefficient (Wildman–Crippen LogP) is 5.79. The molecule has 4 heterocycles. The van der Waals surface area contributed by atoms with Crippen LogP contribution in [-0.2, 0) is 4.79 Å². The van der Waals surface area contributed by atoms with Crippen molar-refractivity contribution < 1.29 is 4.79 Å². The van der Waals surface area contributed by atoms with Gasteiger partial charge in [-0.2, -0.15) is 0 Å². The van der Waals surface area contributed by atoms with Crippen LogP contribution < -0.4 is 10.6 Å². The van der Waals surface area contributed by atoms with Gasteiger partial charge in [0.2, 0.25) is 5.91 Å². The summed E-state index contributed by atoms with van der Waals surface area (Å²) in [5.41, 5.74) is 4.75. The van der Waals surface area contributed by atoms with Crippen molar-refractivity contribution in [1.29, 1.82) is 0 Å². The maximum Gasteiger partial charge on any atom is 0.226 e. The van der Waals surface area contributed by atoms with Gasteiger partial charge in [-0.3, -0.25) is 14.3 Å². The Morgan fingerprint density at radius 3 is 2.68 bits per heavy atom. The summed E-state index contributed by atoms with van der Waals surface area (Å²) in [7, 11) is 0. The molecule has 1 aliphatic heterocycles. The first kappa shape index (κ1) is 24.3. The van der Waals surface area contributed by atoms with Gasteiger partial charge in [0.15, 0.2) is 10.2 Å². The molecule has 7 nitrogen and oxygen atoms in total. The topological polar surface area (TPSA) is 75.1 Å². The van der Waals surface area contributed by atoms with E-state index in [1.54, 1.807) is 17.5 Å². The Kier molecular flexibility index (Phi) is 6.61. The van der Waals surface area contributed by atoms with Crippen molar-refractivity contribution in [1.82, 2.24) is 24.8 Å². The average molecular weight is 539 g/mol. The van der Waals surface area contributed by atoms with Crippen molar-refractivity contribution in [2.45, 2.75) is 25.4 Å². The summed E-state index contributed by atoms with van der Waals surface area (Å²) in [5.74, 6) is -0.0521. The Balaban J connectivity index is 1.32. The molecule has 190 valence electrons. The number of thiocarbonyl (C=S) groups is 1.